The van der Waals surface area contributed by atoms with Crippen LogP contribution in [0.2, 0.25) is 0 Å². The Kier molecular flexibility index (Phi) is 8.20. The molecule has 0 radical (unpaired) electrons. The molecule has 5 aliphatic rings. The lowest BCUT2D eigenvalue weighted by atomic mass is 9.33. The number of hydrogen-bond donors (Lipinski definition) is 1. The molecule has 5 aliphatic carbocycles. The molecule has 4 saturated carbocycles. The highest BCUT2D eigenvalue weighted by Gasteiger charge is 2.69. The van der Waals surface area contributed by atoms with Gasteiger partial charge in [-0.2, -0.15) is 0 Å². The lowest BCUT2D eigenvalue weighted by Crippen LogP contribution is -2.65. The minimum Gasteiger partial charge on any atom is -0.481 e. The summed E-state index contributed by atoms with van der Waals surface area (Å²) < 4.78 is 11.3. The fourth-order valence-corrected chi connectivity index (χ4v) is 12.0. The Hall–Kier alpha value is -2.89. The van der Waals surface area contributed by atoms with Gasteiger partial charge in [0.05, 0.1) is 5.41 Å². The van der Waals surface area contributed by atoms with Gasteiger partial charge in [0.1, 0.15) is 11.9 Å². The third-order valence-electron chi connectivity index (χ3n) is 14.8. The molecule has 8 atom stereocenters. The van der Waals surface area contributed by atoms with Crippen molar-refractivity contribution in [2.45, 2.75) is 126 Å². The highest BCUT2D eigenvalue weighted by atomic mass is 16.5. The summed E-state index contributed by atoms with van der Waals surface area (Å²) in [6, 6.07) is 7.04. The molecule has 0 spiro atoms. The predicted octanol–water partition coefficient (Wildman–Crippen LogP) is 9.42. The maximum atomic E-state index is 13.1. The van der Waals surface area contributed by atoms with Gasteiger partial charge in [0.2, 0.25) is 0 Å². The van der Waals surface area contributed by atoms with E-state index in [0.29, 0.717) is 17.6 Å². The maximum absolute atomic E-state index is 13.1. The van der Waals surface area contributed by atoms with E-state index in [9.17, 15) is 19.5 Å². The molecule has 1 aromatic rings. The number of esters is 2. The summed E-state index contributed by atoms with van der Waals surface area (Å²) in [5, 5.41) is 10.7. The van der Waals surface area contributed by atoms with E-state index in [1.165, 1.54) is 18.6 Å². The summed E-state index contributed by atoms with van der Waals surface area (Å²) in [4.78, 5) is 37.3. The zero-order valence-electron chi connectivity index (χ0n) is 29.9. The van der Waals surface area contributed by atoms with Crippen molar-refractivity contribution in [3.63, 3.8) is 0 Å². The molecule has 1 aromatic carbocycles. The van der Waals surface area contributed by atoms with E-state index in [4.69, 9.17) is 9.47 Å². The fourth-order valence-electron chi connectivity index (χ4n) is 12.0. The Balaban J connectivity index is 1.22. The van der Waals surface area contributed by atoms with Crippen molar-refractivity contribution in [3.05, 3.63) is 47.6 Å². The molecule has 47 heavy (non-hydrogen) atoms. The van der Waals surface area contributed by atoms with Gasteiger partial charge >= 0.3 is 17.9 Å². The first-order valence-electron chi connectivity index (χ1n) is 18.0. The minimum absolute atomic E-state index is 0.00438. The van der Waals surface area contributed by atoms with E-state index < -0.39 is 11.4 Å². The molecule has 0 heterocycles. The van der Waals surface area contributed by atoms with Gasteiger partial charge in [0, 0.05) is 18.4 Å². The molecule has 6 nitrogen and oxygen atoms in total. The van der Waals surface area contributed by atoms with E-state index in [1.807, 2.05) is 12.1 Å². The first-order valence-corrected chi connectivity index (χ1v) is 18.0. The van der Waals surface area contributed by atoms with Crippen LogP contribution in [0.25, 0.3) is 6.08 Å². The number of carboxylic acids is 1. The largest absolute Gasteiger partial charge is 0.481 e. The number of fused-ring (bicyclic) bond motifs is 7. The number of carbonyl (C=O) groups is 3. The SMILES string of the molecule is CC(=O)Oc1ccc(/C=C/C(=O)O[C@H]2CC[C@@]3(C)C(CC[C@]4(C)C3CC=C3C5CC(C)(C)CC[C@]5(C(=O)O)CC[C@]34C)C2(C)C)cc1. The van der Waals surface area contributed by atoms with Gasteiger partial charge in [-0.1, -0.05) is 72.2 Å². The van der Waals surface area contributed by atoms with Crippen molar-refractivity contribution in [1.82, 2.24) is 0 Å². The number of carbonyl (C=O) groups excluding carboxylic acids is 2. The Morgan fingerprint density at radius 2 is 1.53 bits per heavy atom. The van der Waals surface area contributed by atoms with Crippen LogP contribution >= 0.6 is 0 Å². The van der Waals surface area contributed by atoms with Crippen molar-refractivity contribution >= 4 is 24.0 Å². The third kappa shape index (κ3) is 5.31. The van der Waals surface area contributed by atoms with Gasteiger partial charge < -0.3 is 14.6 Å². The first kappa shape index (κ1) is 34.0. The highest BCUT2D eigenvalue weighted by Crippen LogP contribution is 2.75. The fraction of sp³-hybridized carbons (Fsp3) is 0.683. The molecule has 256 valence electrons. The van der Waals surface area contributed by atoms with Crippen LogP contribution in [0.3, 0.4) is 0 Å². The number of hydrogen-bond acceptors (Lipinski definition) is 5. The van der Waals surface area contributed by atoms with E-state index in [0.717, 1.165) is 69.8 Å². The molecule has 0 amide bonds. The summed E-state index contributed by atoms with van der Waals surface area (Å²) in [6.45, 7) is 18.2. The van der Waals surface area contributed by atoms with Crippen molar-refractivity contribution in [3.8, 4) is 5.75 Å². The zero-order valence-corrected chi connectivity index (χ0v) is 29.9. The summed E-state index contributed by atoms with van der Waals surface area (Å²) in [5.74, 6) is 0.250. The summed E-state index contributed by atoms with van der Waals surface area (Å²) in [5.41, 5.74) is 1.88. The third-order valence-corrected chi connectivity index (χ3v) is 14.8. The van der Waals surface area contributed by atoms with E-state index in [-0.39, 0.29) is 51.0 Å². The van der Waals surface area contributed by atoms with Crippen LogP contribution in [0.15, 0.2) is 42.0 Å². The highest BCUT2D eigenvalue weighted by molar-refractivity contribution is 5.87. The van der Waals surface area contributed by atoms with Gasteiger partial charge in [-0.05, 0) is 127 Å². The van der Waals surface area contributed by atoms with Crippen LogP contribution < -0.4 is 4.74 Å². The number of allylic oxidation sites excluding steroid dienone is 2. The maximum Gasteiger partial charge on any atom is 0.331 e. The number of aliphatic carboxylic acids is 1. The molecule has 4 fully saturated rings. The molecule has 1 N–H and O–H groups in total. The molecule has 0 saturated heterocycles. The number of ether oxygens (including phenoxy) is 2. The summed E-state index contributed by atoms with van der Waals surface area (Å²) >= 11 is 0. The molecular weight excluding hydrogens is 588 g/mol. The molecule has 0 bridgehead atoms. The average Bonchev–Trinajstić information content (AvgIpc) is 2.98. The quantitative estimate of drug-likeness (QED) is 0.149. The second-order valence-electron chi connectivity index (χ2n) is 18.0. The zero-order chi connectivity index (χ0) is 34.2. The van der Waals surface area contributed by atoms with Crippen LogP contribution in [0.1, 0.15) is 125 Å². The van der Waals surface area contributed by atoms with E-state index >= 15 is 0 Å². The molecule has 0 aliphatic heterocycles. The van der Waals surface area contributed by atoms with Gasteiger partial charge in [-0.25, -0.2) is 4.79 Å². The van der Waals surface area contributed by atoms with Crippen molar-refractivity contribution in [2.24, 2.45) is 50.2 Å². The Bertz CT molecular complexity index is 1500. The predicted molar refractivity (Wildman–Crippen MR) is 183 cm³/mol. The molecule has 3 unspecified atom stereocenters. The minimum atomic E-state index is -0.614. The van der Waals surface area contributed by atoms with Gasteiger partial charge in [-0.3, -0.25) is 9.59 Å². The van der Waals surface area contributed by atoms with Crippen LogP contribution in [0, 0.1) is 50.2 Å². The molecule has 6 heteroatoms. The Morgan fingerprint density at radius 3 is 2.19 bits per heavy atom. The van der Waals surface area contributed by atoms with Gasteiger partial charge in [-0.15, -0.1) is 0 Å². The van der Waals surface area contributed by atoms with Crippen LogP contribution in [-0.4, -0.2) is 29.1 Å². The summed E-state index contributed by atoms with van der Waals surface area (Å²) in [6.07, 6.45) is 15.2. The normalized spacial score (nSPS) is 40.1. The van der Waals surface area contributed by atoms with Crippen molar-refractivity contribution in [1.29, 1.82) is 0 Å². The van der Waals surface area contributed by atoms with Gasteiger partial charge in [0.25, 0.3) is 0 Å². The van der Waals surface area contributed by atoms with Crippen molar-refractivity contribution in [2.75, 3.05) is 0 Å². The Labute approximate surface area is 281 Å². The van der Waals surface area contributed by atoms with Gasteiger partial charge in [0.15, 0.2) is 0 Å². The average molecular weight is 645 g/mol. The van der Waals surface area contributed by atoms with Crippen LogP contribution in [0.4, 0.5) is 0 Å². The number of rotatable bonds is 5. The second kappa shape index (κ2) is 11.3. The number of carboxylic acid groups (broad SMARTS) is 1. The topological polar surface area (TPSA) is 89.9 Å². The van der Waals surface area contributed by atoms with E-state index in [2.05, 4.69) is 54.5 Å². The second-order valence-corrected chi connectivity index (χ2v) is 18.0. The molecular formula is C41H56O6. The molecule has 6 rings (SSSR count). The Morgan fingerprint density at radius 1 is 0.851 bits per heavy atom. The lowest BCUT2D eigenvalue weighted by molar-refractivity contribution is -0.212. The lowest BCUT2D eigenvalue weighted by Gasteiger charge is -2.71. The smallest absolute Gasteiger partial charge is 0.331 e. The number of benzene rings is 1. The molecule has 0 aromatic heterocycles. The van der Waals surface area contributed by atoms with E-state index in [1.54, 1.807) is 18.2 Å². The van der Waals surface area contributed by atoms with Crippen molar-refractivity contribution < 1.29 is 29.0 Å². The standard InChI is InChI=1S/C41H56O6/c1-26(42)46-28-12-9-27(10-13-28)11-16-34(43)47-33-18-19-38(6)31(37(33,4)5)17-20-40(8)32(38)15-14-29-30-25-36(2,3)21-23-41(30,35(44)45)24-22-39(29,40)7/h9-14,16,30-33H,15,17-25H2,1-8H3,(H,44,45)/b16-11+/t30?,31?,32?,33-,38-,39+,40+,41-/m0/s1. The van der Waals surface area contributed by atoms with Crippen LogP contribution in [-0.2, 0) is 19.1 Å². The monoisotopic (exact) mass is 644 g/mol. The first-order chi connectivity index (χ1) is 21.9. The van der Waals surface area contributed by atoms with Crippen LogP contribution in [0.5, 0.6) is 5.75 Å². The summed E-state index contributed by atoms with van der Waals surface area (Å²) in [7, 11) is 0.